The second kappa shape index (κ2) is 6.51. The number of nitrogens with one attached hydrogen (secondary N) is 1. The minimum atomic E-state index is -0.250. The van der Waals surface area contributed by atoms with Crippen LogP contribution in [0.25, 0.3) is 5.69 Å². The molecule has 0 saturated heterocycles. The molecule has 0 saturated carbocycles. The number of hydrogen-bond donors (Lipinski definition) is 1. The van der Waals surface area contributed by atoms with Crippen molar-refractivity contribution >= 4 is 11.6 Å². The molecule has 1 aromatic heterocycles. The monoisotopic (exact) mass is 334 g/mol. The average Bonchev–Trinajstić information content (AvgIpc) is 2.91. The summed E-state index contributed by atoms with van der Waals surface area (Å²) in [6.07, 6.45) is 0. The zero-order valence-electron chi connectivity index (χ0n) is 15.2. The number of benzene rings is 2. The van der Waals surface area contributed by atoms with Crippen molar-refractivity contribution < 1.29 is 4.79 Å². The fourth-order valence-electron chi connectivity index (χ4n) is 2.99. The third-order valence-electron chi connectivity index (χ3n) is 4.19. The van der Waals surface area contributed by atoms with Gasteiger partial charge in [-0.05, 0) is 69.5 Å². The predicted octanol–water partition coefficient (Wildman–Crippen LogP) is 4.06. The molecular formula is C20H22N4O. The molecule has 2 aromatic carbocycles. The summed E-state index contributed by atoms with van der Waals surface area (Å²) in [5.74, 6) is -0.250. The van der Waals surface area contributed by atoms with E-state index in [1.807, 2.05) is 65.0 Å². The highest BCUT2D eigenvalue weighted by atomic mass is 16.2. The Morgan fingerprint density at radius 2 is 1.60 bits per heavy atom. The van der Waals surface area contributed by atoms with Gasteiger partial charge in [-0.3, -0.25) is 4.79 Å². The topological polar surface area (TPSA) is 59.8 Å². The first-order chi connectivity index (χ1) is 11.8. The lowest BCUT2D eigenvalue weighted by Crippen LogP contribution is -2.15. The average molecular weight is 334 g/mol. The van der Waals surface area contributed by atoms with Crippen LogP contribution in [0.1, 0.15) is 38.4 Å². The van der Waals surface area contributed by atoms with E-state index in [9.17, 15) is 4.79 Å². The van der Waals surface area contributed by atoms with Gasteiger partial charge in [-0.1, -0.05) is 29.0 Å². The molecule has 3 aromatic rings. The number of amides is 1. The predicted molar refractivity (Wildman–Crippen MR) is 99.4 cm³/mol. The van der Waals surface area contributed by atoms with E-state index < -0.39 is 0 Å². The molecule has 5 heteroatoms. The number of aromatic nitrogens is 3. The largest absolute Gasteiger partial charge is 0.320 e. The minimum absolute atomic E-state index is 0.250. The first kappa shape index (κ1) is 16.9. The van der Waals surface area contributed by atoms with Gasteiger partial charge in [-0.2, -0.15) is 0 Å². The van der Waals surface area contributed by atoms with Crippen LogP contribution in [-0.2, 0) is 0 Å². The fourth-order valence-corrected chi connectivity index (χ4v) is 2.99. The number of aryl methyl sites for hydroxylation is 4. The SMILES string of the molecule is Cc1cc(C)cc(-n2nnc(C(=O)Nc3ccc(C)cc3C)c2C)c1. The summed E-state index contributed by atoms with van der Waals surface area (Å²) in [6, 6.07) is 12.1. The van der Waals surface area contributed by atoms with Crippen molar-refractivity contribution in [2.45, 2.75) is 34.6 Å². The highest BCUT2D eigenvalue weighted by Gasteiger charge is 2.18. The lowest BCUT2D eigenvalue weighted by atomic mass is 10.1. The first-order valence-corrected chi connectivity index (χ1v) is 8.25. The molecule has 0 spiro atoms. The molecule has 3 rings (SSSR count). The summed E-state index contributed by atoms with van der Waals surface area (Å²) in [4.78, 5) is 12.6. The Labute approximate surface area is 147 Å². The first-order valence-electron chi connectivity index (χ1n) is 8.25. The molecule has 0 radical (unpaired) electrons. The molecule has 1 heterocycles. The Bertz CT molecular complexity index is 936. The van der Waals surface area contributed by atoms with E-state index in [1.54, 1.807) is 4.68 Å². The van der Waals surface area contributed by atoms with Crippen LogP contribution in [0.3, 0.4) is 0 Å². The molecule has 0 aliphatic heterocycles. The number of hydrogen-bond acceptors (Lipinski definition) is 3. The van der Waals surface area contributed by atoms with Crippen molar-refractivity contribution in [2.24, 2.45) is 0 Å². The van der Waals surface area contributed by atoms with Gasteiger partial charge in [-0.15, -0.1) is 5.10 Å². The molecule has 0 atom stereocenters. The zero-order chi connectivity index (χ0) is 18.1. The normalized spacial score (nSPS) is 10.8. The van der Waals surface area contributed by atoms with E-state index >= 15 is 0 Å². The summed E-state index contributed by atoms with van der Waals surface area (Å²) in [7, 11) is 0. The number of carbonyl (C=O) groups is 1. The van der Waals surface area contributed by atoms with Crippen LogP contribution < -0.4 is 5.32 Å². The van der Waals surface area contributed by atoms with Gasteiger partial charge in [0.1, 0.15) is 0 Å². The molecule has 0 fully saturated rings. The summed E-state index contributed by atoms with van der Waals surface area (Å²) < 4.78 is 1.71. The van der Waals surface area contributed by atoms with E-state index in [-0.39, 0.29) is 5.91 Å². The molecule has 5 nitrogen and oxygen atoms in total. The number of rotatable bonds is 3. The highest BCUT2D eigenvalue weighted by molar-refractivity contribution is 6.04. The van der Waals surface area contributed by atoms with Gasteiger partial charge in [0.2, 0.25) is 0 Å². The van der Waals surface area contributed by atoms with Crippen molar-refractivity contribution in [3.8, 4) is 5.69 Å². The molecule has 0 unspecified atom stereocenters. The van der Waals surface area contributed by atoms with Crippen LogP contribution in [0.4, 0.5) is 5.69 Å². The van der Waals surface area contributed by atoms with Gasteiger partial charge in [0.15, 0.2) is 5.69 Å². The Balaban J connectivity index is 1.91. The van der Waals surface area contributed by atoms with Gasteiger partial charge in [0.05, 0.1) is 11.4 Å². The van der Waals surface area contributed by atoms with Crippen LogP contribution in [0.5, 0.6) is 0 Å². The summed E-state index contributed by atoms with van der Waals surface area (Å²) in [5.41, 5.74) is 7.22. The van der Waals surface area contributed by atoms with Gasteiger partial charge in [0.25, 0.3) is 5.91 Å². The molecule has 0 bridgehead atoms. The van der Waals surface area contributed by atoms with Crippen LogP contribution in [0.2, 0.25) is 0 Å². The quantitative estimate of drug-likeness (QED) is 0.786. The molecule has 1 amide bonds. The van der Waals surface area contributed by atoms with Gasteiger partial charge < -0.3 is 5.32 Å². The molecule has 0 aliphatic rings. The Hall–Kier alpha value is -2.95. The molecule has 25 heavy (non-hydrogen) atoms. The molecule has 128 valence electrons. The standard InChI is InChI=1S/C20H22N4O/c1-12-6-7-18(15(4)9-12)21-20(25)19-16(5)24(23-22-19)17-10-13(2)8-14(3)11-17/h6-11H,1-5H3,(H,21,25). The lowest BCUT2D eigenvalue weighted by molar-refractivity contribution is 0.102. The van der Waals surface area contributed by atoms with E-state index in [0.717, 1.165) is 33.6 Å². The minimum Gasteiger partial charge on any atom is -0.320 e. The summed E-state index contributed by atoms with van der Waals surface area (Å²) in [6.45, 7) is 9.93. The van der Waals surface area contributed by atoms with Gasteiger partial charge >= 0.3 is 0 Å². The van der Waals surface area contributed by atoms with Crippen LogP contribution in [0, 0.1) is 34.6 Å². The molecule has 0 aliphatic carbocycles. The maximum Gasteiger partial charge on any atom is 0.278 e. The van der Waals surface area contributed by atoms with Crippen molar-refractivity contribution in [1.82, 2.24) is 15.0 Å². The van der Waals surface area contributed by atoms with Crippen LogP contribution in [-0.4, -0.2) is 20.9 Å². The van der Waals surface area contributed by atoms with Gasteiger partial charge in [0, 0.05) is 5.69 Å². The number of nitrogens with zero attached hydrogens (tertiary/aromatic N) is 3. The zero-order valence-corrected chi connectivity index (χ0v) is 15.2. The Morgan fingerprint density at radius 1 is 0.920 bits per heavy atom. The Morgan fingerprint density at radius 3 is 2.24 bits per heavy atom. The van der Waals surface area contributed by atoms with Crippen LogP contribution >= 0.6 is 0 Å². The fraction of sp³-hybridized carbons (Fsp3) is 0.250. The number of carbonyl (C=O) groups excluding carboxylic acids is 1. The third-order valence-corrected chi connectivity index (χ3v) is 4.19. The highest BCUT2D eigenvalue weighted by Crippen LogP contribution is 2.19. The van der Waals surface area contributed by atoms with E-state index in [1.165, 1.54) is 0 Å². The molecule has 1 N–H and O–H groups in total. The smallest absolute Gasteiger partial charge is 0.278 e. The van der Waals surface area contributed by atoms with Gasteiger partial charge in [-0.25, -0.2) is 4.68 Å². The summed E-state index contributed by atoms with van der Waals surface area (Å²) >= 11 is 0. The van der Waals surface area contributed by atoms with Crippen molar-refractivity contribution in [3.63, 3.8) is 0 Å². The van der Waals surface area contributed by atoms with E-state index in [0.29, 0.717) is 11.4 Å². The third kappa shape index (κ3) is 3.45. The van der Waals surface area contributed by atoms with E-state index in [4.69, 9.17) is 0 Å². The van der Waals surface area contributed by atoms with Crippen molar-refractivity contribution in [1.29, 1.82) is 0 Å². The second-order valence-electron chi connectivity index (χ2n) is 6.55. The van der Waals surface area contributed by atoms with Crippen molar-refractivity contribution in [3.05, 3.63) is 70.0 Å². The lowest BCUT2D eigenvalue weighted by Gasteiger charge is -2.09. The van der Waals surface area contributed by atoms with E-state index in [2.05, 4.69) is 21.7 Å². The van der Waals surface area contributed by atoms with Crippen LogP contribution in [0.15, 0.2) is 36.4 Å². The maximum atomic E-state index is 12.6. The Kier molecular flexibility index (Phi) is 4.40. The van der Waals surface area contributed by atoms with Crippen molar-refractivity contribution in [2.75, 3.05) is 5.32 Å². The summed E-state index contributed by atoms with van der Waals surface area (Å²) in [5, 5.41) is 11.2. The number of anilines is 1. The molecular weight excluding hydrogens is 312 g/mol. The maximum absolute atomic E-state index is 12.6. The second-order valence-corrected chi connectivity index (χ2v) is 6.55.